The first-order valence-corrected chi connectivity index (χ1v) is 7.58. The molecule has 10 heteroatoms. The Hall–Kier alpha value is -1.74. The van der Waals surface area contributed by atoms with Gasteiger partial charge in [-0.05, 0) is 31.3 Å². The van der Waals surface area contributed by atoms with Gasteiger partial charge in [0.15, 0.2) is 5.76 Å². The number of carboxylic acid groups (broad SMARTS) is 1. The molecule has 2 fully saturated rings. The molecule has 0 aliphatic carbocycles. The van der Waals surface area contributed by atoms with Crippen LogP contribution in [0, 0.1) is 11.8 Å². The molecule has 2 aliphatic rings. The molecule has 2 saturated heterocycles. The smallest absolute Gasteiger partial charge is 0.475 e. The normalized spacial score (nSPS) is 23.2. The van der Waals surface area contributed by atoms with Crippen LogP contribution in [-0.2, 0) is 4.79 Å². The molecule has 2 bridgehead atoms. The maximum Gasteiger partial charge on any atom is 0.490 e. The molecule has 2 N–H and O–H groups in total. The number of hydrogen-bond donors (Lipinski definition) is 2. The number of carboxylic acids is 1. The predicted octanol–water partition coefficient (Wildman–Crippen LogP) is 2.25. The van der Waals surface area contributed by atoms with Crippen molar-refractivity contribution in [2.45, 2.75) is 12.6 Å². The lowest BCUT2D eigenvalue weighted by Gasteiger charge is -2.41. The fourth-order valence-electron chi connectivity index (χ4n) is 2.85. The Labute approximate surface area is 140 Å². The zero-order valence-electron chi connectivity index (χ0n) is 12.5. The van der Waals surface area contributed by atoms with E-state index in [1.54, 1.807) is 6.07 Å². The zero-order chi connectivity index (χ0) is 17.9. The number of piperidine rings is 2. The van der Waals surface area contributed by atoms with Crippen molar-refractivity contribution in [2.75, 3.05) is 26.2 Å². The number of aliphatic carboxylic acids is 1. The van der Waals surface area contributed by atoms with Gasteiger partial charge in [0.2, 0.25) is 0 Å². The third-order valence-electron chi connectivity index (χ3n) is 3.80. The highest BCUT2D eigenvalue weighted by molar-refractivity contribution is 6.30. The summed E-state index contributed by atoms with van der Waals surface area (Å²) >= 11 is 5.76. The summed E-state index contributed by atoms with van der Waals surface area (Å²) in [5, 5.41) is 11.0. The first-order valence-electron chi connectivity index (χ1n) is 7.21. The molecule has 1 amide bonds. The highest BCUT2D eigenvalue weighted by atomic mass is 35.5. The molecular weight excluding hydrogens is 353 g/mol. The third kappa shape index (κ3) is 4.88. The molecule has 2 atom stereocenters. The number of carbonyl (C=O) groups is 2. The number of rotatable bonds is 1. The highest BCUT2D eigenvalue weighted by Crippen LogP contribution is 2.26. The van der Waals surface area contributed by atoms with Gasteiger partial charge in [0.1, 0.15) is 6.26 Å². The Balaban J connectivity index is 0.000000256. The fraction of sp³-hybridized carbons (Fsp3) is 0.571. The number of nitrogens with zero attached hydrogens (tertiary/aromatic N) is 1. The lowest BCUT2D eigenvalue weighted by molar-refractivity contribution is -0.192. The molecule has 0 spiro atoms. The quantitative estimate of drug-likeness (QED) is 0.794. The van der Waals surface area contributed by atoms with Gasteiger partial charge < -0.3 is 19.7 Å². The van der Waals surface area contributed by atoms with Gasteiger partial charge in [0, 0.05) is 19.2 Å². The Morgan fingerprint density at radius 3 is 2.25 bits per heavy atom. The largest absolute Gasteiger partial charge is 0.490 e. The van der Waals surface area contributed by atoms with Crippen LogP contribution in [0.2, 0.25) is 5.02 Å². The molecule has 1 aromatic rings. The number of carbonyl (C=O) groups excluding carboxylic acids is 1. The monoisotopic (exact) mass is 368 g/mol. The second kappa shape index (κ2) is 7.43. The lowest BCUT2D eigenvalue weighted by atomic mass is 9.86. The van der Waals surface area contributed by atoms with Gasteiger partial charge >= 0.3 is 12.1 Å². The second-order valence-electron chi connectivity index (χ2n) is 5.77. The van der Waals surface area contributed by atoms with Gasteiger partial charge in [0.05, 0.1) is 5.02 Å². The van der Waals surface area contributed by atoms with E-state index in [0.29, 0.717) is 22.6 Å². The minimum absolute atomic E-state index is 0.0338. The van der Waals surface area contributed by atoms with Crippen LogP contribution < -0.4 is 5.32 Å². The summed E-state index contributed by atoms with van der Waals surface area (Å²) in [6.07, 6.45) is -2.45. The molecule has 24 heavy (non-hydrogen) atoms. The van der Waals surface area contributed by atoms with Crippen molar-refractivity contribution < 1.29 is 32.3 Å². The van der Waals surface area contributed by atoms with Crippen LogP contribution in [0.25, 0.3) is 0 Å². The first kappa shape index (κ1) is 18.6. The number of amides is 1. The van der Waals surface area contributed by atoms with Crippen LogP contribution in [0.15, 0.2) is 16.7 Å². The van der Waals surface area contributed by atoms with Gasteiger partial charge in [-0.25, -0.2) is 4.79 Å². The summed E-state index contributed by atoms with van der Waals surface area (Å²) in [6, 6.07) is 1.59. The van der Waals surface area contributed by atoms with Crippen molar-refractivity contribution in [3.05, 3.63) is 23.1 Å². The van der Waals surface area contributed by atoms with Crippen LogP contribution in [-0.4, -0.2) is 54.2 Å². The molecule has 2 aliphatic heterocycles. The Kier molecular flexibility index (Phi) is 5.76. The van der Waals surface area contributed by atoms with E-state index in [0.717, 1.165) is 26.2 Å². The summed E-state index contributed by atoms with van der Waals surface area (Å²) < 4.78 is 36.9. The molecule has 3 rings (SSSR count). The van der Waals surface area contributed by atoms with Crippen LogP contribution in [0.3, 0.4) is 0 Å². The van der Waals surface area contributed by atoms with Gasteiger partial charge in [0.25, 0.3) is 5.91 Å². The van der Waals surface area contributed by atoms with E-state index in [4.69, 9.17) is 25.9 Å². The van der Waals surface area contributed by atoms with Crippen molar-refractivity contribution in [2.24, 2.45) is 11.8 Å². The summed E-state index contributed by atoms with van der Waals surface area (Å²) in [4.78, 5) is 23.0. The fourth-order valence-corrected chi connectivity index (χ4v) is 3.00. The minimum atomic E-state index is -5.08. The zero-order valence-corrected chi connectivity index (χ0v) is 13.2. The predicted molar refractivity (Wildman–Crippen MR) is 77.8 cm³/mol. The van der Waals surface area contributed by atoms with E-state index < -0.39 is 12.1 Å². The van der Waals surface area contributed by atoms with Crippen LogP contribution >= 0.6 is 11.6 Å². The third-order valence-corrected chi connectivity index (χ3v) is 4.00. The number of furan rings is 1. The molecule has 0 radical (unpaired) electrons. The molecule has 0 aromatic carbocycles. The summed E-state index contributed by atoms with van der Waals surface area (Å²) in [5.74, 6) is -1.28. The Morgan fingerprint density at radius 1 is 1.29 bits per heavy atom. The number of alkyl halides is 3. The lowest BCUT2D eigenvalue weighted by Crippen LogP contribution is -2.52. The van der Waals surface area contributed by atoms with E-state index in [2.05, 4.69) is 5.32 Å². The molecule has 0 unspecified atom stereocenters. The van der Waals surface area contributed by atoms with Crippen molar-refractivity contribution >= 4 is 23.5 Å². The van der Waals surface area contributed by atoms with Gasteiger partial charge in [-0.3, -0.25) is 4.79 Å². The van der Waals surface area contributed by atoms with Crippen molar-refractivity contribution in [3.63, 3.8) is 0 Å². The number of hydrogen-bond acceptors (Lipinski definition) is 4. The van der Waals surface area contributed by atoms with Gasteiger partial charge in [-0.1, -0.05) is 11.6 Å². The topological polar surface area (TPSA) is 82.8 Å². The van der Waals surface area contributed by atoms with Crippen molar-refractivity contribution in [1.29, 1.82) is 0 Å². The van der Waals surface area contributed by atoms with E-state index in [9.17, 15) is 18.0 Å². The summed E-state index contributed by atoms with van der Waals surface area (Å²) in [6.45, 7) is 3.67. The molecule has 1 aromatic heterocycles. The summed E-state index contributed by atoms with van der Waals surface area (Å²) in [7, 11) is 0. The van der Waals surface area contributed by atoms with Crippen molar-refractivity contribution in [1.82, 2.24) is 10.2 Å². The Bertz CT molecular complexity index is 593. The average molecular weight is 369 g/mol. The van der Waals surface area contributed by atoms with Crippen LogP contribution in [0.1, 0.15) is 17.0 Å². The average Bonchev–Trinajstić information content (AvgIpc) is 2.92. The number of halogens is 4. The molecule has 3 heterocycles. The second-order valence-corrected chi connectivity index (χ2v) is 6.20. The van der Waals surface area contributed by atoms with Crippen LogP contribution in [0.4, 0.5) is 13.2 Å². The SMILES string of the molecule is O=C(O)C(F)(F)F.O=C(c1cc(Cl)co1)N1C[C@@H]2CNC[C@@H](C2)C1. The van der Waals surface area contributed by atoms with E-state index in [1.165, 1.54) is 12.7 Å². The molecule has 0 saturated carbocycles. The first-order chi connectivity index (χ1) is 11.2. The maximum atomic E-state index is 12.2. The van der Waals surface area contributed by atoms with Gasteiger partial charge in [-0.2, -0.15) is 13.2 Å². The minimum Gasteiger partial charge on any atom is -0.475 e. The van der Waals surface area contributed by atoms with Crippen LogP contribution in [0.5, 0.6) is 0 Å². The standard InChI is InChI=1S/C12H15ClN2O2.C2HF3O2/c13-10-2-11(17-7-10)12(16)15-5-8-1-9(6-15)4-14-3-8;3-2(4,5)1(6)7/h2,7-9,14H,1,3-6H2;(H,6,7)/t8-,9+;. The molecule has 134 valence electrons. The van der Waals surface area contributed by atoms with E-state index in [1.807, 2.05) is 4.90 Å². The Morgan fingerprint density at radius 2 is 1.83 bits per heavy atom. The number of likely N-dealkylation sites (tertiary alicyclic amines) is 1. The van der Waals surface area contributed by atoms with E-state index >= 15 is 0 Å². The molecular formula is C14H16ClF3N2O4. The number of nitrogens with one attached hydrogen (secondary N) is 1. The van der Waals surface area contributed by atoms with E-state index in [-0.39, 0.29) is 5.91 Å². The summed E-state index contributed by atoms with van der Waals surface area (Å²) in [5.41, 5.74) is 0. The van der Waals surface area contributed by atoms with Crippen molar-refractivity contribution in [3.8, 4) is 0 Å². The van der Waals surface area contributed by atoms with Gasteiger partial charge in [-0.15, -0.1) is 0 Å². The highest BCUT2D eigenvalue weighted by Gasteiger charge is 2.38. The molecule has 6 nitrogen and oxygen atoms in total. The number of fused-ring (bicyclic) bond motifs is 2. The maximum absolute atomic E-state index is 12.2.